The summed E-state index contributed by atoms with van der Waals surface area (Å²) >= 11 is 0. The Labute approximate surface area is 161 Å². The molecule has 0 fully saturated rings. The van der Waals surface area contributed by atoms with Crippen LogP contribution in [0.1, 0.15) is 5.56 Å². The molecule has 2 amide bonds. The van der Waals surface area contributed by atoms with Crippen LogP contribution in [0, 0.1) is 5.82 Å². The molecule has 28 heavy (non-hydrogen) atoms. The van der Waals surface area contributed by atoms with Crippen molar-refractivity contribution < 1.29 is 14.0 Å². The Hall–Kier alpha value is -3.73. The van der Waals surface area contributed by atoms with E-state index in [0.29, 0.717) is 11.3 Å². The summed E-state index contributed by atoms with van der Waals surface area (Å²) in [6, 6.07) is 19.0. The normalized spacial score (nSPS) is 14.1. The molecule has 1 N–H and O–H groups in total. The van der Waals surface area contributed by atoms with Crippen molar-refractivity contribution in [2.45, 2.75) is 0 Å². The molecular weight excluding hydrogens is 355 g/mol. The average molecular weight is 372 g/mol. The summed E-state index contributed by atoms with van der Waals surface area (Å²) in [4.78, 5) is 27.0. The first-order valence-corrected chi connectivity index (χ1v) is 8.82. The number of halogens is 1. The van der Waals surface area contributed by atoms with Gasteiger partial charge in [0.1, 0.15) is 11.5 Å². The third-order valence-electron chi connectivity index (χ3n) is 4.66. The first-order chi connectivity index (χ1) is 13.6. The number of nitrogens with one attached hydrogen (secondary N) is 1. The topological polar surface area (TPSA) is 49.4 Å². The van der Waals surface area contributed by atoms with Crippen molar-refractivity contribution in [3.05, 3.63) is 96.5 Å². The van der Waals surface area contributed by atoms with Crippen LogP contribution < -0.4 is 5.32 Å². The van der Waals surface area contributed by atoms with E-state index in [1.165, 1.54) is 30.3 Å². The number of hydrogen-bond acceptors (Lipinski definition) is 3. The zero-order valence-corrected chi connectivity index (χ0v) is 15.0. The predicted molar refractivity (Wildman–Crippen MR) is 108 cm³/mol. The summed E-state index contributed by atoms with van der Waals surface area (Å²) in [6.07, 6.45) is 1.50. The fourth-order valence-electron chi connectivity index (χ4n) is 3.34. The van der Waals surface area contributed by atoms with Gasteiger partial charge in [-0.15, -0.1) is 6.58 Å². The van der Waals surface area contributed by atoms with Gasteiger partial charge in [-0.3, -0.25) is 14.5 Å². The maximum atomic E-state index is 13.4. The number of fused-ring (bicyclic) bond motifs is 1. The lowest BCUT2D eigenvalue weighted by molar-refractivity contribution is -0.136. The smallest absolute Gasteiger partial charge is 0.278 e. The summed E-state index contributed by atoms with van der Waals surface area (Å²) < 4.78 is 13.4. The number of benzene rings is 3. The minimum Gasteiger partial charge on any atom is -0.350 e. The molecule has 0 atom stereocenters. The van der Waals surface area contributed by atoms with E-state index in [-0.39, 0.29) is 17.8 Å². The largest absolute Gasteiger partial charge is 0.350 e. The van der Waals surface area contributed by atoms with Crippen LogP contribution in [0.25, 0.3) is 16.3 Å². The van der Waals surface area contributed by atoms with E-state index >= 15 is 0 Å². The molecule has 0 unspecified atom stereocenters. The van der Waals surface area contributed by atoms with Gasteiger partial charge in [-0.2, -0.15) is 0 Å². The fourth-order valence-corrected chi connectivity index (χ4v) is 3.34. The van der Waals surface area contributed by atoms with Gasteiger partial charge in [-0.05, 0) is 29.1 Å². The van der Waals surface area contributed by atoms with E-state index in [0.717, 1.165) is 15.7 Å². The number of hydrogen-bond donors (Lipinski definition) is 1. The number of nitrogens with zero attached hydrogens (tertiary/aromatic N) is 1. The van der Waals surface area contributed by atoms with Crippen LogP contribution in [0.5, 0.6) is 0 Å². The highest BCUT2D eigenvalue weighted by atomic mass is 19.1. The zero-order valence-electron chi connectivity index (χ0n) is 15.0. The lowest BCUT2D eigenvalue weighted by atomic mass is 10.0. The quantitative estimate of drug-likeness (QED) is 0.535. The van der Waals surface area contributed by atoms with Crippen LogP contribution in [-0.2, 0) is 9.59 Å². The lowest BCUT2D eigenvalue weighted by Gasteiger charge is -2.13. The van der Waals surface area contributed by atoms with E-state index in [1.807, 2.05) is 42.5 Å². The van der Waals surface area contributed by atoms with Crippen molar-refractivity contribution in [3.8, 4) is 0 Å². The van der Waals surface area contributed by atoms with E-state index in [4.69, 9.17) is 0 Å². The Morgan fingerprint density at radius 3 is 2.39 bits per heavy atom. The number of anilines is 1. The molecule has 3 aromatic rings. The first-order valence-electron chi connectivity index (χ1n) is 8.82. The number of amides is 2. The maximum Gasteiger partial charge on any atom is 0.278 e. The minimum atomic E-state index is -0.433. The molecule has 4 nitrogen and oxygen atoms in total. The lowest BCUT2D eigenvalue weighted by Crippen LogP contribution is -2.32. The molecule has 0 aromatic heterocycles. The van der Waals surface area contributed by atoms with Gasteiger partial charge in [0.15, 0.2) is 0 Å². The second kappa shape index (κ2) is 7.12. The number of carbonyl (C=O) groups is 2. The van der Waals surface area contributed by atoms with Crippen LogP contribution in [0.15, 0.2) is 85.1 Å². The third kappa shape index (κ3) is 2.97. The van der Waals surface area contributed by atoms with Gasteiger partial charge < -0.3 is 5.32 Å². The second-order valence-corrected chi connectivity index (χ2v) is 6.42. The molecule has 1 aliphatic rings. The molecule has 0 bridgehead atoms. The molecule has 0 aliphatic carbocycles. The minimum absolute atomic E-state index is 0.100. The molecule has 3 aromatic carbocycles. The Balaban J connectivity index is 1.85. The summed E-state index contributed by atoms with van der Waals surface area (Å²) in [7, 11) is 0. The molecular formula is C23H17FN2O2. The second-order valence-electron chi connectivity index (χ2n) is 6.42. The third-order valence-corrected chi connectivity index (χ3v) is 4.66. The van der Waals surface area contributed by atoms with E-state index in [2.05, 4.69) is 11.9 Å². The zero-order chi connectivity index (χ0) is 19.7. The molecule has 1 aliphatic heterocycles. The predicted octanol–water partition coefficient (Wildman–Crippen LogP) is 4.36. The average Bonchev–Trinajstić information content (AvgIpc) is 2.94. The molecule has 0 saturated heterocycles. The SMILES string of the molecule is C=CCN1C(=O)C(Nc2cccc3ccccc23)=C(c2ccc(F)cc2)C1=O. The summed E-state index contributed by atoms with van der Waals surface area (Å²) in [5.41, 5.74) is 1.60. The van der Waals surface area contributed by atoms with E-state index in [1.54, 1.807) is 0 Å². The van der Waals surface area contributed by atoms with E-state index < -0.39 is 17.6 Å². The van der Waals surface area contributed by atoms with Crippen LogP contribution in [0.2, 0.25) is 0 Å². The Morgan fingerprint density at radius 2 is 1.64 bits per heavy atom. The van der Waals surface area contributed by atoms with Gasteiger partial charge in [0, 0.05) is 17.6 Å². The standard InChI is InChI=1S/C23H17FN2O2/c1-2-14-26-22(27)20(16-10-12-17(24)13-11-16)21(23(26)28)25-19-9-5-7-15-6-3-4-8-18(15)19/h2-13,25H,1,14H2. The molecule has 0 spiro atoms. The molecule has 4 rings (SSSR count). The van der Waals surface area contributed by atoms with Crippen molar-refractivity contribution in [2.24, 2.45) is 0 Å². The van der Waals surface area contributed by atoms with Crippen molar-refractivity contribution in [1.82, 2.24) is 4.90 Å². The molecule has 0 radical (unpaired) electrons. The van der Waals surface area contributed by atoms with Gasteiger partial charge in [-0.1, -0.05) is 54.6 Å². The molecule has 0 saturated carbocycles. The highest BCUT2D eigenvalue weighted by Gasteiger charge is 2.38. The van der Waals surface area contributed by atoms with Gasteiger partial charge in [-0.25, -0.2) is 4.39 Å². The highest BCUT2D eigenvalue weighted by molar-refractivity contribution is 6.36. The Bertz CT molecular complexity index is 1130. The fraction of sp³-hybridized carbons (Fsp3) is 0.0435. The highest BCUT2D eigenvalue weighted by Crippen LogP contribution is 2.32. The van der Waals surface area contributed by atoms with Gasteiger partial charge >= 0.3 is 0 Å². The number of rotatable bonds is 5. The number of carbonyl (C=O) groups excluding carboxylic acids is 2. The van der Waals surface area contributed by atoms with Crippen LogP contribution in [0.4, 0.5) is 10.1 Å². The molecule has 138 valence electrons. The van der Waals surface area contributed by atoms with Crippen LogP contribution in [-0.4, -0.2) is 23.3 Å². The maximum absolute atomic E-state index is 13.4. The summed E-state index contributed by atoms with van der Waals surface area (Å²) in [5, 5.41) is 5.09. The molecule has 1 heterocycles. The van der Waals surface area contributed by atoms with Gasteiger partial charge in [0.05, 0.1) is 5.57 Å². The molecule has 5 heteroatoms. The van der Waals surface area contributed by atoms with E-state index in [9.17, 15) is 14.0 Å². The number of imide groups is 1. The summed E-state index contributed by atoms with van der Waals surface area (Å²) in [6.45, 7) is 3.72. The van der Waals surface area contributed by atoms with Crippen molar-refractivity contribution >= 4 is 33.8 Å². The van der Waals surface area contributed by atoms with Crippen LogP contribution in [0.3, 0.4) is 0 Å². The van der Waals surface area contributed by atoms with Crippen molar-refractivity contribution in [2.75, 3.05) is 11.9 Å². The van der Waals surface area contributed by atoms with Gasteiger partial charge in [0.25, 0.3) is 11.8 Å². The van der Waals surface area contributed by atoms with Crippen molar-refractivity contribution in [3.63, 3.8) is 0 Å². The summed E-state index contributed by atoms with van der Waals surface area (Å²) in [5.74, 6) is -1.27. The Kier molecular flexibility index (Phi) is 4.49. The Morgan fingerprint density at radius 1 is 0.929 bits per heavy atom. The van der Waals surface area contributed by atoms with Crippen molar-refractivity contribution in [1.29, 1.82) is 0 Å². The van der Waals surface area contributed by atoms with Crippen LogP contribution >= 0.6 is 0 Å². The first kappa shape index (κ1) is 17.7. The monoisotopic (exact) mass is 372 g/mol. The van der Waals surface area contributed by atoms with Gasteiger partial charge in [0.2, 0.25) is 0 Å².